The molecule has 1 heterocycles. The Hall–Kier alpha value is -2.62. The molecule has 2 rings (SSSR count). The summed E-state index contributed by atoms with van der Waals surface area (Å²) in [5, 5.41) is 2.79. The molecular formula is C20H22F2N2. The number of hydrogen-bond acceptors (Lipinski definition) is 2. The molecule has 24 heavy (non-hydrogen) atoms. The van der Waals surface area contributed by atoms with Gasteiger partial charge in [0.15, 0.2) is 0 Å². The maximum atomic E-state index is 14.5. The summed E-state index contributed by atoms with van der Waals surface area (Å²) >= 11 is 0. The highest BCUT2D eigenvalue weighted by atomic mass is 19.1. The maximum Gasteiger partial charge on any atom is 0.134 e. The molecule has 4 heteroatoms. The van der Waals surface area contributed by atoms with E-state index in [2.05, 4.69) is 18.5 Å². The zero-order valence-corrected chi connectivity index (χ0v) is 14.5. The average molecular weight is 328 g/mol. The molecule has 0 radical (unpaired) electrons. The van der Waals surface area contributed by atoms with Gasteiger partial charge in [0.1, 0.15) is 11.6 Å². The van der Waals surface area contributed by atoms with Crippen LogP contribution in [0.5, 0.6) is 0 Å². The van der Waals surface area contributed by atoms with Gasteiger partial charge in [-0.25, -0.2) is 8.78 Å². The number of rotatable bonds is 4. The van der Waals surface area contributed by atoms with E-state index >= 15 is 0 Å². The molecule has 0 amide bonds. The molecule has 0 unspecified atom stereocenters. The van der Waals surface area contributed by atoms with Crippen LogP contribution in [0.1, 0.15) is 31.9 Å². The maximum absolute atomic E-state index is 14.5. The predicted octanol–water partition coefficient (Wildman–Crippen LogP) is 5.20. The minimum absolute atomic E-state index is 0.0346. The second-order valence-corrected chi connectivity index (χ2v) is 5.82. The second-order valence-electron chi connectivity index (χ2n) is 5.82. The molecule has 0 saturated heterocycles. The number of halogens is 2. The zero-order chi connectivity index (χ0) is 18.0. The van der Waals surface area contributed by atoms with Gasteiger partial charge >= 0.3 is 0 Å². The van der Waals surface area contributed by atoms with E-state index in [0.29, 0.717) is 16.8 Å². The van der Waals surface area contributed by atoms with E-state index in [1.165, 1.54) is 12.1 Å². The van der Waals surface area contributed by atoms with Crippen LogP contribution in [0.15, 0.2) is 60.6 Å². The van der Waals surface area contributed by atoms with Crippen LogP contribution in [0.3, 0.4) is 0 Å². The van der Waals surface area contributed by atoms with Gasteiger partial charge in [-0.2, -0.15) is 0 Å². The van der Waals surface area contributed by atoms with Crippen LogP contribution in [0.2, 0.25) is 0 Å². The van der Waals surface area contributed by atoms with Gasteiger partial charge in [0, 0.05) is 35.9 Å². The average Bonchev–Trinajstić information content (AvgIpc) is 2.52. The van der Waals surface area contributed by atoms with E-state index in [-0.39, 0.29) is 5.56 Å². The molecule has 0 saturated carbocycles. The van der Waals surface area contributed by atoms with E-state index in [9.17, 15) is 8.78 Å². The monoisotopic (exact) mass is 328 g/mol. The Morgan fingerprint density at radius 1 is 1.17 bits per heavy atom. The smallest absolute Gasteiger partial charge is 0.134 e. The third-order valence-electron chi connectivity index (χ3n) is 4.16. The van der Waals surface area contributed by atoms with Crippen LogP contribution < -0.4 is 5.32 Å². The largest absolute Gasteiger partial charge is 0.388 e. The lowest BCUT2D eigenvalue weighted by Gasteiger charge is -2.27. The lowest BCUT2D eigenvalue weighted by molar-refractivity contribution is 0.566. The minimum atomic E-state index is -0.614. The van der Waals surface area contributed by atoms with E-state index < -0.39 is 11.6 Å². The number of benzene rings is 1. The molecule has 0 bridgehead atoms. The molecule has 1 N–H and O–H groups in total. The van der Waals surface area contributed by atoms with Crippen molar-refractivity contribution in [3.8, 4) is 0 Å². The Kier molecular flexibility index (Phi) is 5.07. The van der Waals surface area contributed by atoms with Crippen LogP contribution in [0.4, 0.5) is 8.78 Å². The highest BCUT2D eigenvalue weighted by molar-refractivity contribution is 5.71. The van der Waals surface area contributed by atoms with E-state index in [1.54, 1.807) is 14.0 Å². The van der Waals surface area contributed by atoms with Gasteiger partial charge in [-0.3, -0.25) is 0 Å². The molecule has 126 valence electrons. The summed E-state index contributed by atoms with van der Waals surface area (Å²) in [6.45, 7) is 13.2. The van der Waals surface area contributed by atoms with Gasteiger partial charge in [-0.05, 0) is 56.2 Å². The number of nitrogens with zero attached hydrogens (tertiary/aromatic N) is 1. The van der Waals surface area contributed by atoms with Gasteiger partial charge in [0.2, 0.25) is 0 Å². The van der Waals surface area contributed by atoms with Gasteiger partial charge in [-0.15, -0.1) is 0 Å². The molecule has 0 fully saturated rings. The lowest BCUT2D eigenvalue weighted by Crippen LogP contribution is -2.16. The fourth-order valence-corrected chi connectivity index (χ4v) is 2.61. The highest BCUT2D eigenvalue weighted by Gasteiger charge is 2.18. The van der Waals surface area contributed by atoms with Crippen LogP contribution in [-0.4, -0.2) is 11.9 Å². The molecule has 0 atom stereocenters. The first-order valence-corrected chi connectivity index (χ1v) is 7.64. The summed E-state index contributed by atoms with van der Waals surface area (Å²) in [6.07, 6.45) is 5.70. The van der Waals surface area contributed by atoms with Crippen LogP contribution in [0, 0.1) is 11.6 Å². The quantitative estimate of drug-likeness (QED) is 0.818. The van der Waals surface area contributed by atoms with Gasteiger partial charge < -0.3 is 10.2 Å². The topological polar surface area (TPSA) is 15.3 Å². The van der Waals surface area contributed by atoms with Crippen molar-refractivity contribution in [1.82, 2.24) is 10.2 Å². The Morgan fingerprint density at radius 2 is 1.75 bits per heavy atom. The summed E-state index contributed by atoms with van der Waals surface area (Å²) in [5.41, 5.74) is 3.89. The second kappa shape index (κ2) is 6.87. The summed E-state index contributed by atoms with van der Waals surface area (Å²) < 4.78 is 29.1. The fourth-order valence-electron chi connectivity index (χ4n) is 2.61. The molecular weight excluding hydrogens is 306 g/mol. The van der Waals surface area contributed by atoms with Gasteiger partial charge in [0.05, 0.1) is 5.56 Å². The van der Waals surface area contributed by atoms with E-state index in [4.69, 9.17) is 0 Å². The van der Waals surface area contributed by atoms with Crippen LogP contribution >= 0.6 is 0 Å². The lowest BCUT2D eigenvalue weighted by atomic mass is 10.00. The Bertz CT molecular complexity index is 775. The van der Waals surface area contributed by atoms with Crippen molar-refractivity contribution in [2.75, 3.05) is 7.05 Å². The van der Waals surface area contributed by atoms with Crippen molar-refractivity contribution in [2.45, 2.75) is 20.8 Å². The number of hydrogen-bond donors (Lipinski definition) is 1. The van der Waals surface area contributed by atoms with Crippen molar-refractivity contribution in [3.05, 3.63) is 83.4 Å². The molecule has 1 aliphatic heterocycles. The molecule has 1 aromatic rings. The zero-order valence-electron chi connectivity index (χ0n) is 14.5. The molecule has 0 aliphatic carbocycles. The molecule has 1 aromatic carbocycles. The van der Waals surface area contributed by atoms with Gasteiger partial charge in [0.25, 0.3) is 0 Å². The number of allylic oxidation sites excluding steroid dienone is 5. The van der Waals surface area contributed by atoms with Crippen molar-refractivity contribution in [1.29, 1.82) is 0 Å². The minimum Gasteiger partial charge on any atom is -0.388 e. The standard InChI is InChI=1S/C20H22F2N2/c1-12-7-8-24(13(2)9-12)16(5)14(3)20-18(21)10-17(11-19(20)22)15(4)23-6/h7-11,23H,2,4H2,1,3,5-6H3/b16-14+. The van der Waals surface area contributed by atoms with Crippen molar-refractivity contribution >= 4 is 11.3 Å². The predicted molar refractivity (Wildman–Crippen MR) is 96.6 cm³/mol. The molecule has 0 aromatic heterocycles. The first-order chi connectivity index (χ1) is 11.3. The Balaban J connectivity index is 2.49. The molecule has 0 spiro atoms. The first kappa shape index (κ1) is 17.7. The normalized spacial score (nSPS) is 15.2. The number of nitrogens with one attached hydrogen (secondary N) is 1. The third kappa shape index (κ3) is 3.32. The Morgan fingerprint density at radius 3 is 2.25 bits per heavy atom. The van der Waals surface area contributed by atoms with Crippen molar-refractivity contribution in [3.63, 3.8) is 0 Å². The van der Waals surface area contributed by atoms with Crippen LogP contribution in [0.25, 0.3) is 11.3 Å². The SMILES string of the molecule is C=C(NC)c1cc(F)c(/C(C)=C(\C)N2C=CC(C)=CC2=C)c(F)c1. The highest BCUT2D eigenvalue weighted by Crippen LogP contribution is 2.31. The fraction of sp³-hybridized carbons (Fsp3) is 0.200. The van der Waals surface area contributed by atoms with Gasteiger partial charge in [-0.1, -0.05) is 13.2 Å². The van der Waals surface area contributed by atoms with E-state index in [1.807, 2.05) is 37.1 Å². The third-order valence-corrected chi connectivity index (χ3v) is 4.16. The Labute approximate surface area is 142 Å². The van der Waals surface area contributed by atoms with Crippen LogP contribution in [-0.2, 0) is 0 Å². The first-order valence-electron chi connectivity index (χ1n) is 7.64. The van der Waals surface area contributed by atoms with Crippen molar-refractivity contribution in [2.24, 2.45) is 0 Å². The summed E-state index contributed by atoms with van der Waals surface area (Å²) in [5.74, 6) is -1.23. The summed E-state index contributed by atoms with van der Waals surface area (Å²) in [4.78, 5) is 1.82. The molecule has 1 aliphatic rings. The van der Waals surface area contributed by atoms with E-state index in [0.717, 1.165) is 17.0 Å². The summed E-state index contributed by atoms with van der Waals surface area (Å²) in [6, 6.07) is 2.58. The van der Waals surface area contributed by atoms with Crippen molar-refractivity contribution < 1.29 is 8.78 Å². The molecule has 2 nitrogen and oxygen atoms in total. The summed E-state index contributed by atoms with van der Waals surface area (Å²) in [7, 11) is 1.66.